The molecule has 0 spiro atoms. The van der Waals surface area contributed by atoms with Crippen molar-refractivity contribution in [2.75, 3.05) is 50.7 Å². The van der Waals surface area contributed by atoms with E-state index in [1.807, 2.05) is 12.3 Å². The molecule has 0 saturated carbocycles. The first-order chi connectivity index (χ1) is 16.2. The number of hydrogen-bond donors (Lipinski definition) is 0. The van der Waals surface area contributed by atoms with Gasteiger partial charge in [-0.3, -0.25) is 9.69 Å². The number of carbonyl (C=O) groups is 1. The molecule has 2 fully saturated rings. The summed E-state index contributed by atoms with van der Waals surface area (Å²) in [6, 6.07) is 21.1. The minimum Gasteiger partial charge on any atom is -0.354 e. The number of pyridine rings is 1. The Hall–Kier alpha value is -2.92. The second kappa shape index (κ2) is 10.3. The van der Waals surface area contributed by atoms with Crippen LogP contribution < -0.4 is 4.90 Å². The topological polar surface area (TPSA) is 39.7 Å². The van der Waals surface area contributed by atoms with E-state index >= 15 is 0 Å². The van der Waals surface area contributed by atoms with Crippen LogP contribution in [-0.4, -0.2) is 66.5 Å². The second-order valence-corrected chi connectivity index (χ2v) is 9.51. The number of hydrogen-bond acceptors (Lipinski definition) is 4. The number of anilines is 1. The standard InChI is InChI=1S/C28H34N4O/c33-28(13-11-23-10-12-25-7-1-2-8-26(25)20-23)32-15-5-6-24(22-32)21-30-16-18-31(19-17-30)27-9-3-4-14-29-27/h1-4,7-10,12,14,20,24H,5-6,11,13,15-19,21-22H2. The molecule has 2 aliphatic heterocycles. The molecule has 5 nitrogen and oxygen atoms in total. The number of piperidine rings is 1. The van der Waals surface area contributed by atoms with E-state index in [4.69, 9.17) is 0 Å². The fourth-order valence-corrected chi connectivity index (χ4v) is 5.31. The van der Waals surface area contributed by atoms with Crippen LogP contribution in [0.5, 0.6) is 0 Å². The molecule has 5 heteroatoms. The smallest absolute Gasteiger partial charge is 0.222 e. The monoisotopic (exact) mass is 442 g/mol. The van der Waals surface area contributed by atoms with Gasteiger partial charge in [-0.15, -0.1) is 0 Å². The van der Waals surface area contributed by atoms with E-state index in [2.05, 4.69) is 74.3 Å². The Labute approximate surface area is 197 Å². The van der Waals surface area contributed by atoms with E-state index in [0.29, 0.717) is 18.2 Å². The summed E-state index contributed by atoms with van der Waals surface area (Å²) in [7, 11) is 0. The summed E-state index contributed by atoms with van der Waals surface area (Å²) in [6.45, 7) is 7.13. The Kier molecular flexibility index (Phi) is 6.87. The largest absolute Gasteiger partial charge is 0.354 e. The predicted octanol–water partition coefficient (Wildman–Crippen LogP) is 4.23. The number of aryl methyl sites for hydroxylation is 1. The summed E-state index contributed by atoms with van der Waals surface area (Å²) in [5.41, 5.74) is 1.25. The number of benzene rings is 2. The van der Waals surface area contributed by atoms with Crippen molar-refractivity contribution in [1.29, 1.82) is 0 Å². The summed E-state index contributed by atoms with van der Waals surface area (Å²) in [4.78, 5) is 24.5. The number of fused-ring (bicyclic) bond motifs is 1. The van der Waals surface area contributed by atoms with Gasteiger partial charge in [-0.25, -0.2) is 4.98 Å². The number of carbonyl (C=O) groups excluding carboxylic acids is 1. The van der Waals surface area contributed by atoms with Crippen molar-refractivity contribution in [2.24, 2.45) is 5.92 Å². The Bertz CT molecular complexity index is 1060. The summed E-state index contributed by atoms with van der Waals surface area (Å²) in [6.07, 6.45) is 5.65. The molecule has 0 bridgehead atoms. The van der Waals surface area contributed by atoms with Crippen LogP contribution >= 0.6 is 0 Å². The lowest BCUT2D eigenvalue weighted by Gasteiger charge is -2.39. The van der Waals surface area contributed by atoms with Crippen LogP contribution in [0, 0.1) is 5.92 Å². The van der Waals surface area contributed by atoms with Crippen LogP contribution in [0.4, 0.5) is 5.82 Å². The first-order valence-electron chi connectivity index (χ1n) is 12.4. The van der Waals surface area contributed by atoms with Gasteiger partial charge in [0.05, 0.1) is 0 Å². The van der Waals surface area contributed by atoms with Crippen molar-refractivity contribution in [2.45, 2.75) is 25.7 Å². The highest BCUT2D eigenvalue weighted by Crippen LogP contribution is 2.21. The first-order valence-corrected chi connectivity index (χ1v) is 12.4. The molecule has 1 amide bonds. The Balaban J connectivity index is 1.09. The minimum absolute atomic E-state index is 0.313. The fraction of sp³-hybridized carbons (Fsp3) is 0.429. The van der Waals surface area contributed by atoms with E-state index in [-0.39, 0.29) is 0 Å². The SMILES string of the molecule is O=C(CCc1ccc2ccccc2c1)N1CCCC(CN2CCN(c3ccccn3)CC2)C1. The molecule has 1 atom stereocenters. The maximum absolute atomic E-state index is 13.0. The molecule has 0 N–H and O–H groups in total. The average Bonchev–Trinajstić information content (AvgIpc) is 2.88. The molecule has 172 valence electrons. The molecule has 2 aromatic carbocycles. The van der Waals surface area contributed by atoms with Crippen LogP contribution in [0.15, 0.2) is 66.9 Å². The number of likely N-dealkylation sites (tertiary alicyclic amines) is 1. The lowest BCUT2D eigenvalue weighted by molar-refractivity contribution is -0.133. The summed E-state index contributed by atoms with van der Waals surface area (Å²) in [5.74, 6) is 1.98. The van der Waals surface area contributed by atoms with E-state index in [9.17, 15) is 4.79 Å². The number of nitrogens with zero attached hydrogens (tertiary/aromatic N) is 4. The quantitative estimate of drug-likeness (QED) is 0.573. The first kappa shape index (κ1) is 21.9. The van der Waals surface area contributed by atoms with E-state index in [0.717, 1.165) is 64.5 Å². The van der Waals surface area contributed by atoms with Gasteiger partial charge in [0.2, 0.25) is 5.91 Å². The molecule has 1 aromatic heterocycles. The molecule has 3 aromatic rings. The highest BCUT2D eigenvalue weighted by molar-refractivity contribution is 5.83. The Morgan fingerprint density at radius 3 is 2.55 bits per heavy atom. The molecule has 1 unspecified atom stereocenters. The minimum atomic E-state index is 0.313. The Morgan fingerprint density at radius 1 is 0.909 bits per heavy atom. The highest BCUT2D eigenvalue weighted by Gasteiger charge is 2.26. The van der Waals surface area contributed by atoms with Crippen LogP contribution in [0.1, 0.15) is 24.8 Å². The predicted molar refractivity (Wildman–Crippen MR) is 134 cm³/mol. The van der Waals surface area contributed by atoms with Gasteiger partial charge in [-0.2, -0.15) is 0 Å². The summed E-state index contributed by atoms with van der Waals surface area (Å²) < 4.78 is 0. The molecule has 5 rings (SSSR count). The van der Waals surface area contributed by atoms with Gasteiger partial charge in [0.15, 0.2) is 0 Å². The zero-order valence-electron chi connectivity index (χ0n) is 19.4. The number of aromatic nitrogens is 1. The fourth-order valence-electron chi connectivity index (χ4n) is 5.31. The summed E-state index contributed by atoms with van der Waals surface area (Å²) in [5, 5.41) is 2.51. The lowest BCUT2D eigenvalue weighted by atomic mass is 9.96. The number of piperazine rings is 1. The summed E-state index contributed by atoms with van der Waals surface area (Å²) >= 11 is 0. The van der Waals surface area contributed by atoms with Gasteiger partial charge in [-0.1, -0.05) is 48.5 Å². The third-order valence-electron chi connectivity index (χ3n) is 7.18. The average molecular weight is 443 g/mol. The number of amides is 1. The third-order valence-corrected chi connectivity index (χ3v) is 7.18. The van der Waals surface area contributed by atoms with Crippen LogP contribution in [0.2, 0.25) is 0 Å². The van der Waals surface area contributed by atoms with Crippen molar-refractivity contribution < 1.29 is 4.79 Å². The van der Waals surface area contributed by atoms with Gasteiger partial charge in [0, 0.05) is 58.4 Å². The molecule has 0 aliphatic carbocycles. The van der Waals surface area contributed by atoms with Crippen molar-refractivity contribution in [1.82, 2.24) is 14.8 Å². The van der Waals surface area contributed by atoms with Gasteiger partial charge in [-0.05, 0) is 53.6 Å². The van der Waals surface area contributed by atoms with Gasteiger partial charge in [0.25, 0.3) is 0 Å². The maximum atomic E-state index is 13.0. The van der Waals surface area contributed by atoms with Gasteiger partial charge < -0.3 is 9.80 Å². The zero-order chi connectivity index (χ0) is 22.5. The second-order valence-electron chi connectivity index (χ2n) is 9.51. The van der Waals surface area contributed by atoms with E-state index in [1.165, 1.54) is 22.8 Å². The van der Waals surface area contributed by atoms with E-state index in [1.54, 1.807) is 0 Å². The molecule has 3 heterocycles. The van der Waals surface area contributed by atoms with Crippen LogP contribution in [-0.2, 0) is 11.2 Å². The highest BCUT2D eigenvalue weighted by atomic mass is 16.2. The Morgan fingerprint density at radius 2 is 1.73 bits per heavy atom. The van der Waals surface area contributed by atoms with E-state index < -0.39 is 0 Å². The van der Waals surface area contributed by atoms with Crippen molar-refractivity contribution in [3.8, 4) is 0 Å². The van der Waals surface area contributed by atoms with Gasteiger partial charge >= 0.3 is 0 Å². The van der Waals surface area contributed by atoms with Gasteiger partial charge in [0.1, 0.15) is 5.82 Å². The molecular formula is C28H34N4O. The van der Waals surface area contributed by atoms with Crippen molar-refractivity contribution in [3.63, 3.8) is 0 Å². The third kappa shape index (κ3) is 5.53. The molecule has 0 radical (unpaired) electrons. The zero-order valence-corrected chi connectivity index (χ0v) is 19.4. The molecule has 2 saturated heterocycles. The van der Waals surface area contributed by atoms with Crippen molar-refractivity contribution in [3.05, 3.63) is 72.4 Å². The number of rotatable bonds is 6. The molecule has 33 heavy (non-hydrogen) atoms. The van der Waals surface area contributed by atoms with Crippen molar-refractivity contribution >= 4 is 22.5 Å². The lowest BCUT2D eigenvalue weighted by Crippen LogP contribution is -2.50. The normalized spacial score (nSPS) is 19.7. The van der Waals surface area contributed by atoms with Crippen LogP contribution in [0.25, 0.3) is 10.8 Å². The maximum Gasteiger partial charge on any atom is 0.222 e. The molecular weight excluding hydrogens is 408 g/mol. The molecule has 2 aliphatic rings. The van der Waals surface area contributed by atoms with Crippen LogP contribution in [0.3, 0.4) is 0 Å².